The average molecular weight is 272 g/mol. The highest BCUT2D eigenvalue weighted by Gasteiger charge is 2.30. The summed E-state index contributed by atoms with van der Waals surface area (Å²) in [6.45, 7) is 16.8. The molecule has 4 heteroatoms. The summed E-state index contributed by atoms with van der Waals surface area (Å²) in [5, 5.41) is 3.49. The first-order chi connectivity index (χ1) is 8.89. The van der Waals surface area contributed by atoms with E-state index in [-0.39, 0.29) is 5.60 Å². The fraction of sp³-hybridized carbons (Fsp3) is 1.00. The Bertz CT molecular complexity index is 244. The summed E-state index contributed by atoms with van der Waals surface area (Å²) in [7, 11) is 0. The van der Waals surface area contributed by atoms with Gasteiger partial charge >= 0.3 is 0 Å². The second-order valence-corrected chi connectivity index (χ2v) is 6.45. The van der Waals surface area contributed by atoms with Crippen LogP contribution >= 0.6 is 0 Å². The summed E-state index contributed by atoms with van der Waals surface area (Å²) in [4.78, 5) is 2.49. The summed E-state index contributed by atoms with van der Waals surface area (Å²) in [5.74, 6) is 0. The van der Waals surface area contributed by atoms with Crippen LogP contribution in [0.25, 0.3) is 0 Å². The zero-order chi connectivity index (χ0) is 14.3. The number of nitrogens with one attached hydrogen (secondary N) is 1. The van der Waals surface area contributed by atoms with Crippen LogP contribution in [0.3, 0.4) is 0 Å². The SMILES string of the molecule is CC(C)OCCCNCCN1CC(C)OC(C)(C)C1. The van der Waals surface area contributed by atoms with Gasteiger partial charge < -0.3 is 14.8 Å². The summed E-state index contributed by atoms with van der Waals surface area (Å²) in [6, 6.07) is 0. The standard InChI is InChI=1S/C15H32N2O2/c1-13(2)18-10-6-7-16-8-9-17-11-14(3)19-15(4,5)12-17/h13-14,16H,6-12H2,1-5H3. The van der Waals surface area contributed by atoms with Crippen LogP contribution in [0.2, 0.25) is 0 Å². The normalized spacial score (nSPS) is 24.0. The number of morpholine rings is 1. The molecule has 0 aliphatic carbocycles. The van der Waals surface area contributed by atoms with Crippen molar-refractivity contribution in [1.29, 1.82) is 0 Å². The van der Waals surface area contributed by atoms with Crippen LogP contribution in [0.5, 0.6) is 0 Å². The molecule has 19 heavy (non-hydrogen) atoms. The molecule has 1 unspecified atom stereocenters. The maximum atomic E-state index is 5.91. The van der Waals surface area contributed by atoms with Crippen LogP contribution in [0.1, 0.15) is 41.0 Å². The van der Waals surface area contributed by atoms with Crippen LogP contribution in [0, 0.1) is 0 Å². The van der Waals surface area contributed by atoms with Crippen molar-refractivity contribution in [1.82, 2.24) is 10.2 Å². The summed E-state index contributed by atoms with van der Waals surface area (Å²) >= 11 is 0. The molecule has 0 aromatic carbocycles. The molecule has 0 aromatic heterocycles. The smallest absolute Gasteiger partial charge is 0.0757 e. The molecule has 114 valence electrons. The predicted octanol–water partition coefficient (Wildman–Crippen LogP) is 1.89. The third-order valence-electron chi connectivity index (χ3n) is 3.19. The second-order valence-electron chi connectivity index (χ2n) is 6.45. The maximum absolute atomic E-state index is 5.91. The van der Waals surface area contributed by atoms with Gasteiger partial charge in [0.1, 0.15) is 0 Å². The fourth-order valence-corrected chi connectivity index (χ4v) is 2.63. The van der Waals surface area contributed by atoms with Crippen molar-refractivity contribution in [2.24, 2.45) is 0 Å². The van der Waals surface area contributed by atoms with Crippen molar-refractivity contribution < 1.29 is 9.47 Å². The van der Waals surface area contributed by atoms with Crippen LogP contribution in [0.15, 0.2) is 0 Å². The van der Waals surface area contributed by atoms with E-state index >= 15 is 0 Å². The van der Waals surface area contributed by atoms with Crippen molar-refractivity contribution in [3.63, 3.8) is 0 Å². The predicted molar refractivity (Wildman–Crippen MR) is 79.6 cm³/mol. The molecule has 1 fully saturated rings. The van der Waals surface area contributed by atoms with Crippen LogP contribution in [-0.4, -0.2) is 62.0 Å². The van der Waals surface area contributed by atoms with E-state index in [0.717, 1.165) is 45.8 Å². The lowest BCUT2D eigenvalue weighted by Gasteiger charge is -2.41. The molecule has 1 aliphatic rings. The third-order valence-corrected chi connectivity index (χ3v) is 3.19. The Morgan fingerprint density at radius 3 is 2.74 bits per heavy atom. The van der Waals surface area contributed by atoms with E-state index in [4.69, 9.17) is 9.47 Å². The van der Waals surface area contributed by atoms with Gasteiger partial charge in [-0.25, -0.2) is 0 Å². The number of ether oxygens (including phenoxy) is 2. The zero-order valence-corrected chi connectivity index (χ0v) is 13.4. The van der Waals surface area contributed by atoms with Gasteiger partial charge in [0.15, 0.2) is 0 Å². The van der Waals surface area contributed by atoms with E-state index in [2.05, 4.69) is 44.8 Å². The first kappa shape index (κ1) is 16.9. The van der Waals surface area contributed by atoms with Crippen LogP contribution < -0.4 is 5.32 Å². The van der Waals surface area contributed by atoms with Crippen molar-refractivity contribution in [2.75, 3.05) is 39.3 Å². The quantitative estimate of drug-likeness (QED) is 0.684. The molecule has 0 bridgehead atoms. The van der Waals surface area contributed by atoms with Crippen molar-refractivity contribution >= 4 is 0 Å². The lowest BCUT2D eigenvalue weighted by molar-refractivity contribution is -0.128. The number of rotatable bonds is 8. The maximum Gasteiger partial charge on any atom is 0.0757 e. The molecule has 0 radical (unpaired) electrons. The van der Waals surface area contributed by atoms with Gasteiger partial charge in [-0.2, -0.15) is 0 Å². The van der Waals surface area contributed by atoms with Crippen LogP contribution in [0.4, 0.5) is 0 Å². The van der Waals surface area contributed by atoms with Gasteiger partial charge in [0.2, 0.25) is 0 Å². The minimum Gasteiger partial charge on any atom is -0.379 e. The number of nitrogens with zero attached hydrogens (tertiary/aromatic N) is 1. The Labute approximate surface area is 118 Å². The lowest BCUT2D eigenvalue weighted by atomic mass is 10.1. The van der Waals surface area contributed by atoms with Gasteiger partial charge in [0.25, 0.3) is 0 Å². The largest absolute Gasteiger partial charge is 0.379 e. The monoisotopic (exact) mass is 272 g/mol. The highest BCUT2D eigenvalue weighted by atomic mass is 16.5. The van der Waals surface area contributed by atoms with E-state index < -0.39 is 0 Å². The van der Waals surface area contributed by atoms with Gasteiger partial charge in [0.05, 0.1) is 17.8 Å². The van der Waals surface area contributed by atoms with Gasteiger partial charge in [-0.15, -0.1) is 0 Å². The highest BCUT2D eigenvalue weighted by molar-refractivity contribution is 4.82. The molecule has 0 aromatic rings. The number of hydrogen-bond donors (Lipinski definition) is 1. The van der Waals surface area contributed by atoms with Gasteiger partial charge in [-0.3, -0.25) is 4.90 Å². The molecular formula is C15H32N2O2. The molecule has 4 nitrogen and oxygen atoms in total. The molecule has 0 spiro atoms. The van der Waals surface area contributed by atoms with Crippen molar-refractivity contribution in [3.8, 4) is 0 Å². The molecule has 1 N–H and O–H groups in total. The Morgan fingerprint density at radius 2 is 2.11 bits per heavy atom. The average Bonchev–Trinajstić information content (AvgIpc) is 2.24. The zero-order valence-electron chi connectivity index (χ0n) is 13.4. The molecular weight excluding hydrogens is 240 g/mol. The molecule has 0 amide bonds. The summed E-state index contributed by atoms with van der Waals surface area (Å²) in [6.07, 6.45) is 1.77. The Balaban J connectivity index is 2.03. The fourth-order valence-electron chi connectivity index (χ4n) is 2.63. The summed E-state index contributed by atoms with van der Waals surface area (Å²) in [5.41, 5.74) is -0.0111. The topological polar surface area (TPSA) is 33.7 Å². The molecule has 0 saturated carbocycles. The molecule has 1 rings (SSSR count). The molecule has 1 atom stereocenters. The van der Waals surface area contributed by atoms with Gasteiger partial charge in [-0.05, 0) is 47.6 Å². The molecule has 1 aliphatic heterocycles. The summed E-state index contributed by atoms with van der Waals surface area (Å²) < 4.78 is 11.4. The third kappa shape index (κ3) is 7.88. The second kappa shape index (κ2) is 8.20. The lowest BCUT2D eigenvalue weighted by Crippen LogP contribution is -2.53. The van der Waals surface area contributed by atoms with E-state index in [0.29, 0.717) is 12.2 Å². The van der Waals surface area contributed by atoms with E-state index in [1.54, 1.807) is 0 Å². The Morgan fingerprint density at radius 1 is 1.37 bits per heavy atom. The Hall–Kier alpha value is -0.160. The van der Waals surface area contributed by atoms with E-state index in [1.807, 2.05) is 0 Å². The van der Waals surface area contributed by atoms with E-state index in [9.17, 15) is 0 Å². The highest BCUT2D eigenvalue weighted by Crippen LogP contribution is 2.20. The van der Waals surface area contributed by atoms with E-state index in [1.165, 1.54) is 0 Å². The first-order valence-electron chi connectivity index (χ1n) is 7.61. The first-order valence-corrected chi connectivity index (χ1v) is 7.61. The minimum atomic E-state index is -0.0111. The van der Waals surface area contributed by atoms with Crippen LogP contribution in [-0.2, 0) is 9.47 Å². The minimum absolute atomic E-state index is 0.0111. The van der Waals surface area contributed by atoms with Gasteiger partial charge in [0, 0.05) is 32.8 Å². The molecule has 1 heterocycles. The van der Waals surface area contributed by atoms with Gasteiger partial charge in [-0.1, -0.05) is 0 Å². The Kier molecular flexibility index (Phi) is 7.29. The van der Waals surface area contributed by atoms with Crippen molar-refractivity contribution in [3.05, 3.63) is 0 Å². The van der Waals surface area contributed by atoms with Crippen molar-refractivity contribution in [2.45, 2.75) is 58.8 Å². The molecule has 1 saturated heterocycles. The number of hydrogen-bond acceptors (Lipinski definition) is 4.